The Morgan fingerprint density at radius 2 is 1.93 bits per heavy atom. The van der Waals surface area contributed by atoms with Crippen molar-refractivity contribution in [3.8, 4) is 11.4 Å². The maximum atomic E-state index is 12.3. The third-order valence-electron chi connectivity index (χ3n) is 4.28. The van der Waals surface area contributed by atoms with Crippen molar-refractivity contribution in [1.29, 1.82) is 0 Å². The lowest BCUT2D eigenvalue weighted by atomic mass is 10.1. The number of rotatable bonds is 8. The van der Waals surface area contributed by atoms with E-state index >= 15 is 0 Å². The molecular weight excluding hydrogens is 390 g/mol. The number of nitro benzene ring substituents is 1. The van der Waals surface area contributed by atoms with Crippen LogP contribution in [0.15, 0.2) is 61.2 Å². The number of hydrogen-bond donors (Lipinski definition) is 2. The van der Waals surface area contributed by atoms with Crippen LogP contribution in [0.2, 0.25) is 0 Å². The average molecular weight is 409 g/mol. The van der Waals surface area contributed by atoms with Gasteiger partial charge in [0.25, 0.3) is 11.6 Å². The van der Waals surface area contributed by atoms with Gasteiger partial charge in [0.15, 0.2) is 0 Å². The van der Waals surface area contributed by atoms with Gasteiger partial charge >= 0.3 is 0 Å². The van der Waals surface area contributed by atoms with Gasteiger partial charge in [-0.15, -0.1) is 0 Å². The van der Waals surface area contributed by atoms with Crippen molar-refractivity contribution in [2.45, 2.75) is 6.54 Å². The van der Waals surface area contributed by atoms with E-state index in [0.29, 0.717) is 12.3 Å². The Hall–Kier alpha value is -4.21. The summed E-state index contributed by atoms with van der Waals surface area (Å²) < 4.78 is 6.55. The monoisotopic (exact) mass is 409 g/mol. The summed E-state index contributed by atoms with van der Waals surface area (Å²) in [4.78, 5) is 39.0. The number of carbonyl (C=O) groups is 2. The van der Waals surface area contributed by atoms with Gasteiger partial charge in [-0.2, -0.15) is 0 Å². The van der Waals surface area contributed by atoms with Crippen LogP contribution in [0, 0.1) is 10.1 Å². The first-order valence-electron chi connectivity index (χ1n) is 8.92. The molecule has 0 bridgehead atoms. The van der Waals surface area contributed by atoms with Crippen LogP contribution in [-0.2, 0) is 11.3 Å². The van der Waals surface area contributed by atoms with Gasteiger partial charge in [0, 0.05) is 30.6 Å². The molecule has 0 spiro atoms. The van der Waals surface area contributed by atoms with E-state index in [1.165, 1.54) is 35.3 Å². The third kappa shape index (κ3) is 4.98. The van der Waals surface area contributed by atoms with Crippen molar-refractivity contribution in [3.63, 3.8) is 0 Å². The Bertz CT molecular complexity index is 1050. The zero-order chi connectivity index (χ0) is 21.5. The molecule has 0 aliphatic carbocycles. The molecule has 0 saturated heterocycles. The molecule has 2 N–H and O–H groups in total. The van der Waals surface area contributed by atoms with Gasteiger partial charge < -0.3 is 19.9 Å². The molecule has 0 fully saturated rings. The number of amides is 2. The molecule has 3 aromatic rings. The number of benzene rings is 2. The number of carbonyl (C=O) groups excluding carboxylic acids is 2. The van der Waals surface area contributed by atoms with Gasteiger partial charge in [-0.1, -0.05) is 12.1 Å². The Labute approximate surface area is 171 Å². The van der Waals surface area contributed by atoms with E-state index in [9.17, 15) is 19.7 Å². The molecule has 0 aliphatic rings. The second-order valence-corrected chi connectivity index (χ2v) is 6.24. The van der Waals surface area contributed by atoms with Crippen molar-refractivity contribution < 1.29 is 19.2 Å². The SMILES string of the molecule is COc1ccc(CNC(=O)CNC(=O)c2ccc(-n3ccnc3)c([N+](=O)[O-])c2)cc1. The third-order valence-corrected chi connectivity index (χ3v) is 4.28. The smallest absolute Gasteiger partial charge is 0.294 e. The van der Waals surface area contributed by atoms with E-state index < -0.39 is 10.8 Å². The summed E-state index contributed by atoms with van der Waals surface area (Å²) in [5, 5.41) is 16.5. The van der Waals surface area contributed by atoms with Crippen LogP contribution >= 0.6 is 0 Å². The van der Waals surface area contributed by atoms with Crippen molar-refractivity contribution >= 4 is 17.5 Å². The minimum atomic E-state index is -0.588. The van der Waals surface area contributed by atoms with E-state index in [1.807, 2.05) is 12.1 Å². The van der Waals surface area contributed by atoms with Crippen LogP contribution in [-0.4, -0.2) is 39.9 Å². The molecule has 0 atom stereocenters. The molecule has 154 valence electrons. The maximum Gasteiger partial charge on any atom is 0.294 e. The fourth-order valence-electron chi connectivity index (χ4n) is 2.70. The standard InChI is InChI=1S/C20H19N5O5/c1-30-16-5-2-14(3-6-16)11-22-19(26)12-23-20(27)15-4-7-17(18(10-15)25(28)29)24-9-8-21-13-24/h2-10,13H,11-12H2,1H3,(H,22,26)(H,23,27). The number of methoxy groups -OCH3 is 1. The van der Waals surface area contributed by atoms with E-state index in [0.717, 1.165) is 5.56 Å². The van der Waals surface area contributed by atoms with E-state index in [1.54, 1.807) is 25.4 Å². The van der Waals surface area contributed by atoms with Gasteiger partial charge in [0.1, 0.15) is 11.4 Å². The number of ether oxygens (including phenoxy) is 1. The Morgan fingerprint density at radius 3 is 2.57 bits per heavy atom. The molecule has 30 heavy (non-hydrogen) atoms. The highest BCUT2D eigenvalue weighted by atomic mass is 16.6. The van der Waals surface area contributed by atoms with E-state index in [4.69, 9.17) is 4.74 Å². The fraction of sp³-hybridized carbons (Fsp3) is 0.150. The number of hydrogen-bond acceptors (Lipinski definition) is 6. The van der Waals surface area contributed by atoms with E-state index in [-0.39, 0.29) is 29.4 Å². The predicted molar refractivity (Wildman–Crippen MR) is 107 cm³/mol. The fourth-order valence-corrected chi connectivity index (χ4v) is 2.70. The first-order valence-corrected chi connectivity index (χ1v) is 8.92. The maximum absolute atomic E-state index is 12.3. The Balaban J connectivity index is 1.58. The molecule has 1 aromatic heterocycles. The van der Waals surface area contributed by atoms with Crippen LogP contribution < -0.4 is 15.4 Å². The van der Waals surface area contributed by atoms with Crippen molar-refractivity contribution in [3.05, 3.63) is 82.4 Å². The van der Waals surface area contributed by atoms with Gasteiger partial charge in [-0.25, -0.2) is 4.98 Å². The molecule has 0 radical (unpaired) electrons. The first kappa shape index (κ1) is 20.5. The lowest BCUT2D eigenvalue weighted by molar-refractivity contribution is -0.384. The van der Waals surface area contributed by atoms with Crippen LogP contribution in [0.25, 0.3) is 5.69 Å². The Kier molecular flexibility index (Phi) is 6.38. The second-order valence-electron chi connectivity index (χ2n) is 6.24. The van der Waals surface area contributed by atoms with Crippen LogP contribution in [0.5, 0.6) is 5.75 Å². The first-order chi connectivity index (χ1) is 14.5. The van der Waals surface area contributed by atoms with Crippen LogP contribution in [0.3, 0.4) is 0 Å². The zero-order valence-corrected chi connectivity index (χ0v) is 16.1. The normalized spacial score (nSPS) is 10.3. The summed E-state index contributed by atoms with van der Waals surface area (Å²) in [5.74, 6) is -0.260. The number of aromatic nitrogens is 2. The molecule has 1 heterocycles. The summed E-state index contributed by atoms with van der Waals surface area (Å²) in [7, 11) is 1.57. The van der Waals surface area contributed by atoms with E-state index in [2.05, 4.69) is 15.6 Å². The molecule has 0 saturated carbocycles. The molecule has 3 rings (SSSR count). The second kappa shape index (κ2) is 9.32. The zero-order valence-electron chi connectivity index (χ0n) is 16.1. The predicted octanol–water partition coefficient (Wildman–Crippen LogP) is 1.84. The summed E-state index contributed by atoms with van der Waals surface area (Å²) in [6, 6.07) is 11.3. The summed E-state index contributed by atoms with van der Waals surface area (Å²) >= 11 is 0. The number of nitro groups is 1. The summed E-state index contributed by atoms with van der Waals surface area (Å²) in [6.07, 6.45) is 4.49. The molecule has 10 nitrogen and oxygen atoms in total. The largest absolute Gasteiger partial charge is 0.497 e. The average Bonchev–Trinajstić information content (AvgIpc) is 3.30. The lowest BCUT2D eigenvalue weighted by Gasteiger charge is -2.09. The molecular formula is C20H19N5O5. The quantitative estimate of drug-likeness (QED) is 0.431. The highest BCUT2D eigenvalue weighted by molar-refractivity contribution is 5.97. The summed E-state index contributed by atoms with van der Waals surface area (Å²) in [6.45, 7) is 0.0375. The highest BCUT2D eigenvalue weighted by Crippen LogP contribution is 2.24. The molecule has 10 heteroatoms. The molecule has 0 aliphatic heterocycles. The van der Waals surface area contributed by atoms with Gasteiger partial charge in [0.05, 0.1) is 24.9 Å². The Morgan fingerprint density at radius 1 is 1.17 bits per heavy atom. The van der Waals surface area contributed by atoms with Gasteiger partial charge in [0.2, 0.25) is 5.91 Å². The lowest BCUT2D eigenvalue weighted by Crippen LogP contribution is -2.36. The highest BCUT2D eigenvalue weighted by Gasteiger charge is 2.19. The number of nitrogens with zero attached hydrogens (tertiary/aromatic N) is 3. The minimum Gasteiger partial charge on any atom is -0.497 e. The summed E-state index contributed by atoms with van der Waals surface area (Å²) in [5.41, 5.74) is 0.991. The number of nitrogens with one attached hydrogen (secondary N) is 2. The molecule has 2 amide bonds. The minimum absolute atomic E-state index is 0.0773. The van der Waals surface area contributed by atoms with Crippen LogP contribution in [0.4, 0.5) is 5.69 Å². The van der Waals surface area contributed by atoms with Gasteiger partial charge in [-0.3, -0.25) is 19.7 Å². The van der Waals surface area contributed by atoms with Crippen molar-refractivity contribution in [2.24, 2.45) is 0 Å². The van der Waals surface area contributed by atoms with Gasteiger partial charge in [-0.05, 0) is 29.8 Å². The molecule has 2 aromatic carbocycles. The number of imidazole rings is 1. The van der Waals surface area contributed by atoms with Crippen molar-refractivity contribution in [1.82, 2.24) is 20.2 Å². The van der Waals surface area contributed by atoms with Crippen molar-refractivity contribution in [2.75, 3.05) is 13.7 Å². The topological polar surface area (TPSA) is 128 Å². The molecule has 0 unspecified atom stereocenters. The van der Waals surface area contributed by atoms with Crippen LogP contribution in [0.1, 0.15) is 15.9 Å².